The lowest BCUT2D eigenvalue weighted by molar-refractivity contribution is 0.456. The van der Waals surface area contributed by atoms with Crippen molar-refractivity contribution in [3.8, 4) is 11.6 Å². The topological polar surface area (TPSA) is 48.1 Å². The molecule has 0 atom stereocenters. The zero-order valence-corrected chi connectivity index (χ0v) is 11.3. The molecule has 0 spiro atoms. The zero-order valence-electron chi connectivity index (χ0n) is 9.78. The van der Waals surface area contributed by atoms with Gasteiger partial charge < -0.3 is 10.5 Å². The molecule has 0 saturated heterocycles. The molecular formula is C13H12Cl2N2O. The highest BCUT2D eigenvalue weighted by Gasteiger charge is 2.11. The van der Waals surface area contributed by atoms with Gasteiger partial charge in [-0.3, -0.25) is 0 Å². The van der Waals surface area contributed by atoms with Gasteiger partial charge in [-0.1, -0.05) is 29.3 Å². The molecule has 2 aromatic rings. The lowest BCUT2D eigenvalue weighted by Crippen LogP contribution is -2.03. The summed E-state index contributed by atoms with van der Waals surface area (Å²) < 4.78 is 5.69. The SMILES string of the molecule is Cc1ccnc(Oc2cccc(Cl)c2Cl)c1CN. The minimum Gasteiger partial charge on any atom is -0.437 e. The molecule has 94 valence electrons. The molecule has 2 rings (SSSR count). The van der Waals surface area contributed by atoms with Crippen LogP contribution in [0.2, 0.25) is 10.0 Å². The van der Waals surface area contributed by atoms with Gasteiger partial charge in [-0.15, -0.1) is 0 Å². The third-order valence-electron chi connectivity index (χ3n) is 2.58. The Bertz CT molecular complexity index is 573. The van der Waals surface area contributed by atoms with Crippen LogP contribution in [-0.2, 0) is 6.54 Å². The normalized spacial score (nSPS) is 10.4. The molecule has 0 unspecified atom stereocenters. The van der Waals surface area contributed by atoms with Crippen molar-refractivity contribution in [3.05, 3.63) is 51.6 Å². The fourth-order valence-electron chi connectivity index (χ4n) is 1.57. The van der Waals surface area contributed by atoms with Gasteiger partial charge in [0.2, 0.25) is 5.88 Å². The maximum absolute atomic E-state index is 6.06. The van der Waals surface area contributed by atoms with Crippen molar-refractivity contribution >= 4 is 23.2 Å². The number of pyridine rings is 1. The van der Waals surface area contributed by atoms with E-state index in [-0.39, 0.29) is 0 Å². The molecule has 2 N–H and O–H groups in total. The van der Waals surface area contributed by atoms with Crippen LogP contribution in [0.4, 0.5) is 0 Å². The summed E-state index contributed by atoms with van der Waals surface area (Å²) in [6.07, 6.45) is 1.67. The lowest BCUT2D eigenvalue weighted by atomic mass is 10.1. The van der Waals surface area contributed by atoms with Gasteiger partial charge in [-0.25, -0.2) is 4.98 Å². The number of nitrogens with two attached hydrogens (primary N) is 1. The second-order valence-corrected chi connectivity index (χ2v) is 4.55. The summed E-state index contributed by atoms with van der Waals surface area (Å²) in [5, 5.41) is 0.807. The van der Waals surface area contributed by atoms with Crippen LogP contribution in [0.1, 0.15) is 11.1 Å². The number of nitrogens with zero attached hydrogens (tertiary/aromatic N) is 1. The Balaban J connectivity index is 2.40. The monoisotopic (exact) mass is 282 g/mol. The predicted molar refractivity (Wildman–Crippen MR) is 73.4 cm³/mol. The zero-order chi connectivity index (χ0) is 13.1. The molecule has 1 aromatic heterocycles. The molecule has 0 saturated carbocycles. The summed E-state index contributed by atoms with van der Waals surface area (Å²) in [4.78, 5) is 4.17. The van der Waals surface area contributed by atoms with E-state index in [4.69, 9.17) is 33.7 Å². The van der Waals surface area contributed by atoms with E-state index in [1.54, 1.807) is 24.4 Å². The highest BCUT2D eigenvalue weighted by atomic mass is 35.5. The van der Waals surface area contributed by atoms with Crippen molar-refractivity contribution in [3.63, 3.8) is 0 Å². The Morgan fingerprint density at radius 3 is 2.78 bits per heavy atom. The summed E-state index contributed by atoms with van der Waals surface area (Å²) in [6.45, 7) is 2.31. The van der Waals surface area contributed by atoms with Gasteiger partial charge in [-0.05, 0) is 30.7 Å². The van der Waals surface area contributed by atoms with Crippen LogP contribution in [0.5, 0.6) is 11.6 Å². The van der Waals surface area contributed by atoms with Crippen molar-refractivity contribution in [2.75, 3.05) is 0 Å². The quantitative estimate of drug-likeness (QED) is 0.927. The molecule has 5 heteroatoms. The van der Waals surface area contributed by atoms with E-state index >= 15 is 0 Å². The summed E-state index contributed by atoms with van der Waals surface area (Å²) in [6, 6.07) is 7.08. The van der Waals surface area contributed by atoms with Crippen LogP contribution < -0.4 is 10.5 Å². The van der Waals surface area contributed by atoms with Gasteiger partial charge in [0.1, 0.15) is 10.8 Å². The first-order chi connectivity index (χ1) is 8.63. The van der Waals surface area contributed by atoms with Crippen LogP contribution in [0.3, 0.4) is 0 Å². The third-order valence-corrected chi connectivity index (χ3v) is 3.38. The molecule has 1 heterocycles. The van der Waals surface area contributed by atoms with Crippen molar-refractivity contribution < 1.29 is 4.74 Å². The Labute approximate surface area is 115 Å². The number of benzene rings is 1. The van der Waals surface area contributed by atoms with Gasteiger partial charge in [-0.2, -0.15) is 0 Å². The van der Waals surface area contributed by atoms with E-state index in [1.165, 1.54) is 0 Å². The van der Waals surface area contributed by atoms with Crippen molar-refractivity contribution in [2.24, 2.45) is 5.73 Å². The van der Waals surface area contributed by atoms with Crippen LogP contribution in [0.25, 0.3) is 0 Å². The molecule has 0 aliphatic carbocycles. The first-order valence-corrected chi connectivity index (χ1v) is 6.15. The molecule has 18 heavy (non-hydrogen) atoms. The van der Waals surface area contributed by atoms with Crippen LogP contribution >= 0.6 is 23.2 Å². The fourth-order valence-corrected chi connectivity index (χ4v) is 1.90. The van der Waals surface area contributed by atoms with Crippen LogP contribution in [-0.4, -0.2) is 4.98 Å². The van der Waals surface area contributed by atoms with E-state index in [0.29, 0.717) is 28.2 Å². The average molecular weight is 283 g/mol. The molecule has 0 aliphatic rings. The highest BCUT2D eigenvalue weighted by molar-refractivity contribution is 6.42. The van der Waals surface area contributed by atoms with E-state index in [9.17, 15) is 0 Å². The number of rotatable bonds is 3. The van der Waals surface area contributed by atoms with Crippen molar-refractivity contribution in [2.45, 2.75) is 13.5 Å². The molecule has 0 bridgehead atoms. The van der Waals surface area contributed by atoms with Crippen LogP contribution in [0.15, 0.2) is 30.5 Å². The molecular weight excluding hydrogens is 271 g/mol. The summed E-state index contributed by atoms with van der Waals surface area (Å²) in [5.41, 5.74) is 7.58. The second-order valence-electron chi connectivity index (χ2n) is 3.77. The van der Waals surface area contributed by atoms with Gasteiger partial charge in [0.15, 0.2) is 0 Å². The minimum atomic E-state index is 0.354. The molecule has 0 radical (unpaired) electrons. The number of ether oxygens (including phenoxy) is 1. The Hall–Kier alpha value is -1.29. The molecule has 1 aromatic carbocycles. The molecule has 0 aliphatic heterocycles. The summed E-state index contributed by atoms with van der Waals surface area (Å²) >= 11 is 12.0. The second kappa shape index (κ2) is 5.57. The predicted octanol–water partition coefficient (Wildman–Crippen LogP) is 3.95. The number of halogens is 2. The summed E-state index contributed by atoms with van der Waals surface area (Å²) in [5.74, 6) is 0.929. The van der Waals surface area contributed by atoms with E-state index in [0.717, 1.165) is 11.1 Å². The van der Waals surface area contributed by atoms with Gasteiger partial charge >= 0.3 is 0 Å². The maximum atomic E-state index is 6.06. The van der Waals surface area contributed by atoms with Gasteiger partial charge in [0.25, 0.3) is 0 Å². The highest BCUT2D eigenvalue weighted by Crippen LogP contribution is 2.35. The van der Waals surface area contributed by atoms with E-state index < -0.39 is 0 Å². The number of hydrogen-bond acceptors (Lipinski definition) is 3. The van der Waals surface area contributed by atoms with Gasteiger partial charge in [0.05, 0.1) is 5.02 Å². The van der Waals surface area contributed by atoms with Crippen LogP contribution in [0, 0.1) is 6.92 Å². The number of aryl methyl sites for hydroxylation is 1. The molecule has 0 fully saturated rings. The third kappa shape index (κ3) is 2.58. The molecule has 3 nitrogen and oxygen atoms in total. The van der Waals surface area contributed by atoms with E-state index in [2.05, 4.69) is 4.98 Å². The van der Waals surface area contributed by atoms with Crippen molar-refractivity contribution in [1.82, 2.24) is 4.98 Å². The maximum Gasteiger partial charge on any atom is 0.224 e. The number of aromatic nitrogens is 1. The molecule has 0 amide bonds. The van der Waals surface area contributed by atoms with Crippen molar-refractivity contribution in [1.29, 1.82) is 0 Å². The van der Waals surface area contributed by atoms with Gasteiger partial charge in [0, 0.05) is 18.3 Å². The van der Waals surface area contributed by atoms with E-state index in [1.807, 2.05) is 13.0 Å². The standard InChI is InChI=1S/C13H12Cl2N2O/c1-8-5-6-17-13(9(8)7-16)18-11-4-2-3-10(14)12(11)15/h2-6H,7,16H2,1H3. The first-order valence-electron chi connectivity index (χ1n) is 5.40. The minimum absolute atomic E-state index is 0.354. The first kappa shape index (κ1) is 13.1. The fraction of sp³-hybridized carbons (Fsp3) is 0.154. The Morgan fingerprint density at radius 2 is 2.06 bits per heavy atom. The smallest absolute Gasteiger partial charge is 0.224 e. The lowest BCUT2D eigenvalue weighted by Gasteiger charge is -2.12. The Morgan fingerprint density at radius 1 is 1.28 bits per heavy atom. The summed E-state index contributed by atoms with van der Waals surface area (Å²) in [7, 11) is 0. The largest absolute Gasteiger partial charge is 0.437 e. The Kier molecular flexibility index (Phi) is 4.07. The number of hydrogen-bond donors (Lipinski definition) is 1. The average Bonchev–Trinajstić information content (AvgIpc) is 2.35.